The van der Waals surface area contributed by atoms with Crippen LogP contribution in [0.15, 0.2) is 48.7 Å². The number of aromatic nitrogens is 1. The number of methoxy groups -OCH3 is 1. The summed E-state index contributed by atoms with van der Waals surface area (Å²) in [6.45, 7) is 1.44. The lowest BCUT2D eigenvalue weighted by Gasteiger charge is -2.06. The summed E-state index contributed by atoms with van der Waals surface area (Å²) >= 11 is 6.04. The van der Waals surface area contributed by atoms with Gasteiger partial charge < -0.3 is 10.1 Å². The minimum Gasteiger partial charge on any atom is -0.497 e. The van der Waals surface area contributed by atoms with Crippen LogP contribution in [0.25, 0.3) is 10.9 Å². The molecule has 0 aliphatic carbocycles. The first-order valence-electron chi connectivity index (χ1n) is 7.26. The molecule has 0 radical (unpaired) electrons. The van der Waals surface area contributed by atoms with E-state index in [0.717, 1.165) is 0 Å². The predicted molar refractivity (Wildman–Crippen MR) is 94.2 cm³/mol. The van der Waals surface area contributed by atoms with Crippen LogP contribution in [0.1, 0.15) is 22.1 Å². The van der Waals surface area contributed by atoms with Crippen molar-refractivity contribution in [1.29, 1.82) is 0 Å². The molecule has 0 aliphatic heterocycles. The summed E-state index contributed by atoms with van der Waals surface area (Å²) in [4.78, 5) is 24.5. The van der Waals surface area contributed by atoms with Crippen LogP contribution in [-0.2, 0) is 0 Å². The number of anilines is 1. The fraction of sp³-hybridized carbons (Fsp3) is 0.111. The van der Waals surface area contributed by atoms with E-state index in [9.17, 15) is 9.59 Å². The Morgan fingerprint density at radius 2 is 1.96 bits per heavy atom. The molecule has 1 aromatic heterocycles. The summed E-state index contributed by atoms with van der Waals surface area (Å²) in [5, 5.41) is 3.93. The second kappa shape index (κ2) is 6.37. The van der Waals surface area contributed by atoms with Crippen molar-refractivity contribution in [2.75, 3.05) is 12.4 Å². The Morgan fingerprint density at radius 1 is 1.17 bits per heavy atom. The molecular formula is C18H15ClN2O3. The van der Waals surface area contributed by atoms with Crippen LogP contribution >= 0.6 is 11.6 Å². The Balaban J connectivity index is 2.03. The van der Waals surface area contributed by atoms with E-state index in [1.807, 2.05) is 0 Å². The van der Waals surface area contributed by atoms with Crippen molar-refractivity contribution < 1.29 is 14.3 Å². The Hall–Kier alpha value is -2.79. The number of fused-ring (bicyclic) bond motifs is 1. The Bertz CT molecular complexity index is 947. The zero-order valence-electron chi connectivity index (χ0n) is 13.2. The smallest absolute Gasteiger partial charge is 0.257 e. The maximum Gasteiger partial charge on any atom is 0.257 e. The third-order valence-electron chi connectivity index (χ3n) is 3.68. The van der Waals surface area contributed by atoms with E-state index in [1.165, 1.54) is 17.7 Å². The topological polar surface area (TPSA) is 60.3 Å². The largest absolute Gasteiger partial charge is 0.497 e. The molecule has 3 aromatic rings. The van der Waals surface area contributed by atoms with Gasteiger partial charge in [-0.2, -0.15) is 0 Å². The van der Waals surface area contributed by atoms with E-state index in [-0.39, 0.29) is 11.8 Å². The van der Waals surface area contributed by atoms with Crippen molar-refractivity contribution >= 4 is 40.0 Å². The number of halogens is 1. The van der Waals surface area contributed by atoms with Gasteiger partial charge in [0.2, 0.25) is 5.91 Å². The molecule has 0 aliphatic rings. The quantitative estimate of drug-likeness (QED) is 0.775. The number of hydrogen-bond donors (Lipinski definition) is 1. The number of nitrogens with one attached hydrogen (secondary N) is 1. The zero-order chi connectivity index (χ0) is 17.3. The van der Waals surface area contributed by atoms with Crippen LogP contribution in [0.3, 0.4) is 0 Å². The molecule has 0 saturated carbocycles. The lowest BCUT2D eigenvalue weighted by Crippen LogP contribution is -2.12. The number of benzene rings is 2. The molecule has 0 atom stereocenters. The molecule has 1 amide bonds. The molecule has 1 heterocycles. The standard InChI is InChI=1S/C18H15ClN2O3/c1-11(22)21-10-16(15-8-12(19)6-7-17(15)21)18(23)20-13-4-3-5-14(9-13)24-2/h3-10H,1-2H3,(H,20,23). The Labute approximate surface area is 143 Å². The van der Waals surface area contributed by atoms with Gasteiger partial charge in [0.1, 0.15) is 5.75 Å². The normalized spacial score (nSPS) is 10.6. The first-order chi connectivity index (χ1) is 11.5. The van der Waals surface area contributed by atoms with Gasteiger partial charge in [0, 0.05) is 35.3 Å². The van der Waals surface area contributed by atoms with Gasteiger partial charge in [-0.15, -0.1) is 0 Å². The van der Waals surface area contributed by atoms with Crippen molar-refractivity contribution in [2.24, 2.45) is 0 Å². The molecule has 122 valence electrons. The molecule has 0 fully saturated rings. The number of amides is 1. The minimum atomic E-state index is -0.324. The van der Waals surface area contributed by atoms with Gasteiger partial charge in [0.05, 0.1) is 18.2 Å². The van der Waals surface area contributed by atoms with Crippen molar-refractivity contribution in [2.45, 2.75) is 6.92 Å². The molecule has 1 N–H and O–H groups in total. The molecule has 3 rings (SSSR count). The van der Waals surface area contributed by atoms with E-state index in [1.54, 1.807) is 49.6 Å². The summed E-state index contributed by atoms with van der Waals surface area (Å²) < 4.78 is 6.58. The maximum atomic E-state index is 12.7. The number of carbonyl (C=O) groups is 2. The average molecular weight is 343 g/mol. The van der Waals surface area contributed by atoms with Crippen molar-refractivity contribution in [1.82, 2.24) is 4.57 Å². The van der Waals surface area contributed by atoms with Crippen LogP contribution in [0, 0.1) is 0 Å². The first kappa shape index (κ1) is 16.1. The SMILES string of the molecule is COc1cccc(NC(=O)c2cn(C(C)=O)c3ccc(Cl)cc23)c1. The zero-order valence-corrected chi connectivity index (χ0v) is 13.9. The van der Waals surface area contributed by atoms with Crippen LogP contribution in [0.5, 0.6) is 5.75 Å². The van der Waals surface area contributed by atoms with Gasteiger partial charge in [0.15, 0.2) is 0 Å². The highest BCUT2D eigenvalue weighted by molar-refractivity contribution is 6.31. The van der Waals surface area contributed by atoms with E-state index in [2.05, 4.69) is 5.32 Å². The number of hydrogen-bond acceptors (Lipinski definition) is 3. The summed E-state index contributed by atoms with van der Waals surface area (Å²) in [5.41, 5.74) is 1.62. The van der Waals surface area contributed by atoms with Crippen molar-refractivity contribution in [3.63, 3.8) is 0 Å². The molecule has 5 nitrogen and oxygen atoms in total. The van der Waals surface area contributed by atoms with Crippen LogP contribution in [0.4, 0.5) is 5.69 Å². The fourth-order valence-electron chi connectivity index (χ4n) is 2.54. The summed E-state index contributed by atoms with van der Waals surface area (Å²) in [7, 11) is 1.56. The fourth-order valence-corrected chi connectivity index (χ4v) is 2.72. The third-order valence-corrected chi connectivity index (χ3v) is 3.91. The van der Waals surface area contributed by atoms with Crippen molar-refractivity contribution in [3.05, 3.63) is 59.2 Å². The number of nitrogens with zero attached hydrogens (tertiary/aromatic N) is 1. The Kier molecular flexibility index (Phi) is 4.27. The highest BCUT2D eigenvalue weighted by atomic mass is 35.5. The second-order valence-electron chi connectivity index (χ2n) is 5.28. The van der Waals surface area contributed by atoms with Gasteiger partial charge in [-0.25, -0.2) is 0 Å². The van der Waals surface area contributed by atoms with Gasteiger partial charge >= 0.3 is 0 Å². The van der Waals surface area contributed by atoms with Crippen LogP contribution < -0.4 is 10.1 Å². The number of ether oxygens (including phenoxy) is 1. The monoisotopic (exact) mass is 342 g/mol. The molecule has 6 heteroatoms. The van der Waals surface area contributed by atoms with Gasteiger partial charge in [0.25, 0.3) is 5.91 Å². The molecule has 0 bridgehead atoms. The maximum absolute atomic E-state index is 12.7. The van der Waals surface area contributed by atoms with Gasteiger partial charge in [-0.3, -0.25) is 14.2 Å². The highest BCUT2D eigenvalue weighted by Gasteiger charge is 2.17. The average Bonchev–Trinajstić information content (AvgIpc) is 2.94. The van der Waals surface area contributed by atoms with Gasteiger partial charge in [-0.05, 0) is 30.3 Å². The summed E-state index contributed by atoms with van der Waals surface area (Å²) in [6, 6.07) is 12.1. The van der Waals surface area contributed by atoms with Gasteiger partial charge in [-0.1, -0.05) is 17.7 Å². The lowest BCUT2D eigenvalue weighted by atomic mass is 10.1. The molecule has 0 spiro atoms. The molecule has 0 unspecified atom stereocenters. The van der Waals surface area contributed by atoms with Crippen molar-refractivity contribution in [3.8, 4) is 5.75 Å². The molecule has 24 heavy (non-hydrogen) atoms. The molecule has 0 saturated heterocycles. The number of rotatable bonds is 3. The molecular weight excluding hydrogens is 328 g/mol. The van der Waals surface area contributed by atoms with E-state index < -0.39 is 0 Å². The highest BCUT2D eigenvalue weighted by Crippen LogP contribution is 2.26. The number of carbonyl (C=O) groups excluding carboxylic acids is 2. The van der Waals surface area contributed by atoms with Crippen LogP contribution in [-0.4, -0.2) is 23.5 Å². The summed E-state index contributed by atoms with van der Waals surface area (Å²) in [6.07, 6.45) is 1.53. The van der Waals surface area contributed by atoms with Crippen LogP contribution in [0.2, 0.25) is 5.02 Å². The summed E-state index contributed by atoms with van der Waals surface area (Å²) in [5.74, 6) is 0.139. The first-order valence-corrected chi connectivity index (χ1v) is 7.64. The van der Waals surface area contributed by atoms with E-state index in [4.69, 9.17) is 16.3 Å². The van der Waals surface area contributed by atoms with E-state index in [0.29, 0.717) is 32.9 Å². The molecule has 2 aromatic carbocycles. The van der Waals surface area contributed by atoms with E-state index >= 15 is 0 Å². The third kappa shape index (κ3) is 2.98. The lowest BCUT2D eigenvalue weighted by molar-refractivity contribution is 0.0941. The minimum absolute atomic E-state index is 0.178. The Morgan fingerprint density at radius 3 is 2.67 bits per heavy atom. The second-order valence-corrected chi connectivity index (χ2v) is 5.72. The predicted octanol–water partition coefficient (Wildman–Crippen LogP) is 4.22.